The Morgan fingerprint density at radius 1 is 1.46 bits per heavy atom. The smallest absolute Gasteiger partial charge is 0.335 e. The average molecular weight is 346 g/mol. The Hall–Kier alpha value is -1.73. The van der Waals surface area contributed by atoms with Crippen LogP contribution in [0, 0.1) is 5.92 Å². The van der Waals surface area contributed by atoms with E-state index in [1.165, 1.54) is 0 Å². The van der Waals surface area contributed by atoms with Gasteiger partial charge >= 0.3 is 12.2 Å². The number of hydrogen-bond acceptors (Lipinski definition) is 2. The molecule has 24 heavy (non-hydrogen) atoms. The highest BCUT2D eigenvalue weighted by atomic mass is 19.4. The van der Waals surface area contributed by atoms with Crippen LogP contribution in [-0.2, 0) is 13.6 Å². The summed E-state index contributed by atoms with van der Waals surface area (Å²) in [6.45, 7) is 2.92. The summed E-state index contributed by atoms with van der Waals surface area (Å²) in [5.74, 6) is -1.31. The van der Waals surface area contributed by atoms with Crippen LogP contribution in [0.2, 0.25) is 0 Å². The van der Waals surface area contributed by atoms with Crippen molar-refractivity contribution in [3.63, 3.8) is 0 Å². The number of carbonyl (C=O) groups is 1. The van der Waals surface area contributed by atoms with Crippen molar-refractivity contribution in [2.24, 2.45) is 13.0 Å². The number of nitrogens with zero attached hydrogens (tertiary/aromatic N) is 3. The van der Waals surface area contributed by atoms with E-state index in [-0.39, 0.29) is 18.9 Å². The van der Waals surface area contributed by atoms with Crippen molar-refractivity contribution in [3.05, 3.63) is 18.0 Å². The lowest BCUT2D eigenvalue weighted by Gasteiger charge is -2.32. The summed E-state index contributed by atoms with van der Waals surface area (Å²) in [4.78, 5) is 14.1. The third-order valence-corrected chi connectivity index (χ3v) is 4.38. The van der Waals surface area contributed by atoms with Gasteiger partial charge in [0.1, 0.15) is 0 Å². The average Bonchev–Trinajstić information content (AvgIpc) is 2.91. The molecule has 0 unspecified atom stereocenters. The van der Waals surface area contributed by atoms with Gasteiger partial charge in [-0.3, -0.25) is 4.68 Å². The van der Waals surface area contributed by atoms with Gasteiger partial charge in [0.2, 0.25) is 0 Å². The molecule has 1 N–H and O–H groups in total. The third kappa shape index (κ3) is 5.14. The SMILES string of the molecule is CCCN(Cc1cnn(C)c1)C(=O)N[C@@H]1CCC[C@@H](C(F)(F)F)C1. The lowest BCUT2D eigenvalue weighted by molar-refractivity contribution is -0.183. The van der Waals surface area contributed by atoms with E-state index in [9.17, 15) is 18.0 Å². The maximum Gasteiger partial charge on any atom is 0.391 e. The minimum absolute atomic E-state index is 0.0257. The predicted octanol–water partition coefficient (Wildman–Crippen LogP) is 3.46. The minimum Gasteiger partial charge on any atom is -0.335 e. The molecule has 2 amide bonds. The second kappa shape index (κ2) is 7.90. The maximum absolute atomic E-state index is 12.9. The van der Waals surface area contributed by atoms with Gasteiger partial charge in [0.25, 0.3) is 0 Å². The molecule has 1 aliphatic carbocycles. The first-order chi connectivity index (χ1) is 11.3. The Morgan fingerprint density at radius 3 is 2.79 bits per heavy atom. The lowest BCUT2D eigenvalue weighted by atomic mass is 9.85. The van der Waals surface area contributed by atoms with Crippen LogP contribution in [0.5, 0.6) is 0 Å². The highest BCUT2D eigenvalue weighted by molar-refractivity contribution is 5.74. The first-order valence-corrected chi connectivity index (χ1v) is 8.39. The van der Waals surface area contributed by atoms with Gasteiger partial charge in [-0.15, -0.1) is 0 Å². The summed E-state index contributed by atoms with van der Waals surface area (Å²) in [7, 11) is 1.80. The number of aryl methyl sites for hydroxylation is 1. The van der Waals surface area contributed by atoms with Gasteiger partial charge in [-0.2, -0.15) is 18.3 Å². The fraction of sp³-hybridized carbons (Fsp3) is 0.750. The molecule has 1 heterocycles. The Balaban J connectivity index is 1.94. The molecule has 0 aliphatic heterocycles. The van der Waals surface area contributed by atoms with E-state index in [1.54, 1.807) is 22.8 Å². The van der Waals surface area contributed by atoms with Crippen LogP contribution in [0.4, 0.5) is 18.0 Å². The zero-order chi connectivity index (χ0) is 17.7. The van der Waals surface area contributed by atoms with E-state index in [2.05, 4.69) is 10.4 Å². The fourth-order valence-corrected chi connectivity index (χ4v) is 3.18. The third-order valence-electron chi connectivity index (χ3n) is 4.38. The van der Waals surface area contributed by atoms with Crippen molar-refractivity contribution in [2.75, 3.05) is 6.54 Å². The molecular formula is C16H25F3N4O. The highest BCUT2D eigenvalue weighted by Crippen LogP contribution is 2.37. The first-order valence-electron chi connectivity index (χ1n) is 8.39. The summed E-state index contributed by atoms with van der Waals surface area (Å²) in [6.07, 6.45) is 1.35. The summed E-state index contributed by atoms with van der Waals surface area (Å²) >= 11 is 0. The Bertz CT molecular complexity index is 544. The number of urea groups is 1. The molecular weight excluding hydrogens is 321 g/mol. The van der Waals surface area contributed by atoms with Crippen LogP contribution in [0.1, 0.15) is 44.6 Å². The lowest BCUT2D eigenvalue weighted by Crippen LogP contribution is -2.47. The topological polar surface area (TPSA) is 50.2 Å². The molecule has 0 spiro atoms. The summed E-state index contributed by atoms with van der Waals surface area (Å²) < 4.78 is 40.3. The summed E-state index contributed by atoms with van der Waals surface area (Å²) in [6, 6.07) is -0.709. The van der Waals surface area contributed by atoms with Crippen molar-refractivity contribution in [3.8, 4) is 0 Å². The molecule has 2 atom stereocenters. The summed E-state index contributed by atoms with van der Waals surface area (Å²) in [5, 5.41) is 6.87. The molecule has 0 saturated heterocycles. The monoisotopic (exact) mass is 346 g/mol. The van der Waals surface area contributed by atoms with Crippen LogP contribution in [-0.4, -0.2) is 39.5 Å². The molecule has 1 aromatic rings. The summed E-state index contributed by atoms with van der Waals surface area (Å²) in [5.41, 5.74) is 0.901. The molecule has 1 fully saturated rings. The van der Waals surface area contributed by atoms with Crippen molar-refractivity contribution in [1.82, 2.24) is 20.0 Å². The van der Waals surface area contributed by atoms with E-state index < -0.39 is 18.1 Å². The van der Waals surface area contributed by atoms with Crippen molar-refractivity contribution in [2.45, 2.75) is 57.8 Å². The number of nitrogens with one attached hydrogen (secondary N) is 1. The molecule has 1 saturated carbocycles. The minimum atomic E-state index is -4.18. The van der Waals surface area contributed by atoms with Crippen LogP contribution in [0.15, 0.2) is 12.4 Å². The molecule has 0 radical (unpaired) electrons. The Morgan fingerprint density at radius 2 is 2.21 bits per heavy atom. The number of alkyl halides is 3. The van der Waals surface area contributed by atoms with Gasteiger partial charge in [-0.05, 0) is 25.7 Å². The van der Waals surface area contributed by atoms with E-state index in [1.807, 2.05) is 13.1 Å². The van der Waals surface area contributed by atoms with E-state index in [0.29, 0.717) is 25.9 Å². The maximum atomic E-state index is 12.9. The second-order valence-electron chi connectivity index (χ2n) is 6.50. The van der Waals surface area contributed by atoms with Gasteiger partial charge in [0.05, 0.1) is 18.7 Å². The Labute approximate surface area is 140 Å². The van der Waals surface area contributed by atoms with Crippen LogP contribution in [0.3, 0.4) is 0 Å². The van der Waals surface area contributed by atoms with E-state index >= 15 is 0 Å². The second-order valence-corrected chi connectivity index (χ2v) is 6.50. The number of hydrogen-bond donors (Lipinski definition) is 1. The van der Waals surface area contributed by atoms with Crippen molar-refractivity contribution in [1.29, 1.82) is 0 Å². The predicted molar refractivity (Wildman–Crippen MR) is 84.2 cm³/mol. The van der Waals surface area contributed by atoms with E-state index in [0.717, 1.165) is 12.0 Å². The van der Waals surface area contributed by atoms with E-state index in [4.69, 9.17) is 0 Å². The Kier molecular flexibility index (Phi) is 6.12. The largest absolute Gasteiger partial charge is 0.391 e. The number of aromatic nitrogens is 2. The quantitative estimate of drug-likeness (QED) is 0.888. The molecule has 1 aliphatic rings. The van der Waals surface area contributed by atoms with Gasteiger partial charge in [0, 0.05) is 31.4 Å². The van der Waals surface area contributed by atoms with Gasteiger partial charge < -0.3 is 10.2 Å². The number of amides is 2. The van der Waals surface area contributed by atoms with Crippen LogP contribution in [0.25, 0.3) is 0 Å². The first kappa shape index (κ1) is 18.6. The number of carbonyl (C=O) groups excluding carboxylic acids is 1. The molecule has 136 valence electrons. The number of halogens is 3. The zero-order valence-electron chi connectivity index (χ0n) is 14.1. The van der Waals surface area contributed by atoms with Crippen LogP contribution < -0.4 is 5.32 Å². The molecule has 0 aromatic carbocycles. The molecule has 1 aromatic heterocycles. The van der Waals surface area contributed by atoms with Crippen molar-refractivity contribution < 1.29 is 18.0 Å². The highest BCUT2D eigenvalue weighted by Gasteiger charge is 2.42. The van der Waals surface area contributed by atoms with Gasteiger partial charge in [0.15, 0.2) is 0 Å². The normalized spacial score (nSPS) is 21.5. The van der Waals surface area contributed by atoms with Crippen molar-refractivity contribution >= 4 is 6.03 Å². The van der Waals surface area contributed by atoms with Gasteiger partial charge in [-0.1, -0.05) is 13.3 Å². The number of rotatable bonds is 5. The van der Waals surface area contributed by atoms with Crippen LogP contribution >= 0.6 is 0 Å². The molecule has 0 bridgehead atoms. The standard InChI is InChI=1S/C16H25F3N4O/c1-3-7-23(11-12-9-20-22(2)10-12)15(24)21-14-6-4-5-13(8-14)16(17,18)19/h9-10,13-14H,3-8,11H2,1-2H3,(H,21,24)/t13-,14-/m1/s1. The zero-order valence-corrected chi connectivity index (χ0v) is 14.1. The molecule has 2 rings (SSSR count). The molecule has 8 heteroatoms. The molecule has 5 nitrogen and oxygen atoms in total. The fourth-order valence-electron chi connectivity index (χ4n) is 3.18. The van der Waals surface area contributed by atoms with Gasteiger partial charge in [-0.25, -0.2) is 4.79 Å².